The van der Waals surface area contributed by atoms with Crippen molar-refractivity contribution in [1.29, 1.82) is 0 Å². The van der Waals surface area contributed by atoms with E-state index in [-0.39, 0.29) is 0 Å². The normalized spacial score (nSPS) is 14.5. The number of unbranched alkanes of at least 4 members (excludes halogenated alkanes) is 7. The largest absolute Gasteiger partial charge is 0.387 e. The molecule has 1 atom stereocenters. The lowest BCUT2D eigenvalue weighted by Gasteiger charge is -2.27. The summed E-state index contributed by atoms with van der Waals surface area (Å²) >= 11 is 0. The van der Waals surface area contributed by atoms with E-state index in [2.05, 4.69) is 6.92 Å². The summed E-state index contributed by atoms with van der Waals surface area (Å²) in [5.74, 6) is 0. The maximum Gasteiger partial charge on any atom is 0.0880 e. The molecule has 3 nitrogen and oxygen atoms in total. The molecule has 0 aromatic heterocycles. The van der Waals surface area contributed by atoms with Gasteiger partial charge >= 0.3 is 0 Å². The van der Waals surface area contributed by atoms with E-state index in [1.54, 1.807) is 7.11 Å². The van der Waals surface area contributed by atoms with E-state index in [4.69, 9.17) is 10.5 Å². The first-order valence-corrected chi connectivity index (χ1v) is 8.10. The summed E-state index contributed by atoms with van der Waals surface area (Å²) in [5, 5.41) is 10.4. The van der Waals surface area contributed by atoms with Crippen molar-refractivity contribution in [2.75, 3.05) is 20.3 Å². The van der Waals surface area contributed by atoms with Gasteiger partial charge < -0.3 is 15.6 Å². The molecule has 0 spiro atoms. The maximum atomic E-state index is 10.4. The average Bonchev–Trinajstić information content (AvgIpc) is 2.40. The molecule has 1 unspecified atom stereocenters. The van der Waals surface area contributed by atoms with Gasteiger partial charge in [-0.2, -0.15) is 0 Å². The van der Waals surface area contributed by atoms with E-state index >= 15 is 0 Å². The van der Waals surface area contributed by atoms with Gasteiger partial charge in [0, 0.05) is 7.11 Å². The molecule has 0 saturated heterocycles. The van der Waals surface area contributed by atoms with Gasteiger partial charge in [-0.1, -0.05) is 58.3 Å². The van der Waals surface area contributed by atoms with Crippen molar-refractivity contribution >= 4 is 0 Å². The molecule has 0 saturated carbocycles. The van der Waals surface area contributed by atoms with E-state index in [0.717, 1.165) is 25.7 Å². The maximum absolute atomic E-state index is 10.4. The third kappa shape index (κ3) is 11.4. The average molecular weight is 273 g/mol. The smallest absolute Gasteiger partial charge is 0.0880 e. The van der Waals surface area contributed by atoms with Crippen LogP contribution < -0.4 is 5.73 Å². The fourth-order valence-electron chi connectivity index (χ4n) is 2.56. The molecular weight excluding hydrogens is 238 g/mol. The molecule has 0 radical (unpaired) electrons. The van der Waals surface area contributed by atoms with E-state index in [0.29, 0.717) is 13.2 Å². The Morgan fingerprint density at radius 3 is 1.95 bits per heavy atom. The number of ether oxygens (including phenoxy) is 1. The summed E-state index contributed by atoms with van der Waals surface area (Å²) in [6.45, 7) is 3.32. The SMILES string of the molecule is CCCCCCCCCCC(O)(CCCN)COC. The summed E-state index contributed by atoms with van der Waals surface area (Å²) in [5.41, 5.74) is 4.86. The predicted molar refractivity (Wildman–Crippen MR) is 82.3 cm³/mol. The monoisotopic (exact) mass is 273 g/mol. The van der Waals surface area contributed by atoms with Crippen LogP contribution in [0.5, 0.6) is 0 Å². The first-order valence-electron chi connectivity index (χ1n) is 8.10. The zero-order chi connectivity index (χ0) is 14.4. The van der Waals surface area contributed by atoms with Gasteiger partial charge in [0.2, 0.25) is 0 Å². The second-order valence-electron chi connectivity index (χ2n) is 5.77. The Bertz CT molecular complexity index is 188. The van der Waals surface area contributed by atoms with Gasteiger partial charge in [0.15, 0.2) is 0 Å². The first-order chi connectivity index (χ1) is 9.18. The van der Waals surface area contributed by atoms with Crippen molar-refractivity contribution in [3.8, 4) is 0 Å². The van der Waals surface area contributed by atoms with Gasteiger partial charge in [-0.15, -0.1) is 0 Å². The van der Waals surface area contributed by atoms with E-state index in [9.17, 15) is 5.11 Å². The highest BCUT2D eigenvalue weighted by atomic mass is 16.5. The molecule has 0 heterocycles. The Labute approximate surface area is 119 Å². The van der Waals surface area contributed by atoms with E-state index in [1.807, 2.05) is 0 Å². The zero-order valence-corrected chi connectivity index (χ0v) is 13.1. The van der Waals surface area contributed by atoms with Gasteiger partial charge in [0.05, 0.1) is 12.2 Å². The standard InChI is InChI=1S/C16H35NO2/c1-3-4-5-6-7-8-9-10-12-16(18,15-19-2)13-11-14-17/h18H,3-15,17H2,1-2H3. The minimum atomic E-state index is -0.656. The fourth-order valence-corrected chi connectivity index (χ4v) is 2.56. The zero-order valence-electron chi connectivity index (χ0n) is 13.1. The third-order valence-corrected chi connectivity index (χ3v) is 3.75. The van der Waals surface area contributed by atoms with Gasteiger partial charge in [-0.3, -0.25) is 0 Å². The molecule has 0 aromatic carbocycles. The Morgan fingerprint density at radius 1 is 0.895 bits per heavy atom. The van der Waals surface area contributed by atoms with Gasteiger partial charge in [-0.25, -0.2) is 0 Å². The lowest BCUT2D eigenvalue weighted by Crippen LogP contribution is -2.34. The van der Waals surface area contributed by atoms with E-state index in [1.165, 1.54) is 44.9 Å². The molecule has 116 valence electrons. The second kappa shape index (κ2) is 12.9. The Hall–Kier alpha value is -0.120. The molecule has 3 N–H and O–H groups in total. The molecule has 19 heavy (non-hydrogen) atoms. The molecular formula is C16H35NO2. The Balaban J connectivity index is 3.57. The molecule has 0 rings (SSSR count). The second-order valence-corrected chi connectivity index (χ2v) is 5.77. The summed E-state index contributed by atoms with van der Waals surface area (Å²) in [6.07, 6.45) is 12.8. The van der Waals surface area contributed by atoms with Crippen molar-refractivity contribution in [3.63, 3.8) is 0 Å². The lowest BCUT2D eigenvalue weighted by atomic mass is 9.91. The number of hydrogen-bond acceptors (Lipinski definition) is 3. The Morgan fingerprint density at radius 2 is 1.42 bits per heavy atom. The van der Waals surface area contributed by atoms with Gasteiger partial charge in [-0.05, 0) is 25.8 Å². The predicted octanol–water partition coefficient (Wildman–Crippen LogP) is 3.63. The molecule has 0 aliphatic heterocycles. The minimum absolute atomic E-state index is 0.434. The quantitative estimate of drug-likeness (QED) is 0.475. The molecule has 0 aliphatic rings. The molecule has 3 heteroatoms. The number of hydrogen-bond donors (Lipinski definition) is 2. The first kappa shape index (κ1) is 18.9. The number of nitrogens with two attached hydrogens (primary N) is 1. The molecule has 0 bridgehead atoms. The van der Waals surface area contributed by atoms with Gasteiger partial charge in [0.1, 0.15) is 0 Å². The number of methoxy groups -OCH3 is 1. The van der Waals surface area contributed by atoms with Crippen LogP contribution in [0.3, 0.4) is 0 Å². The molecule has 0 aromatic rings. The lowest BCUT2D eigenvalue weighted by molar-refractivity contribution is -0.0454. The molecule has 0 aliphatic carbocycles. The summed E-state index contributed by atoms with van der Waals surface area (Å²) in [7, 11) is 1.65. The highest BCUT2D eigenvalue weighted by molar-refractivity contribution is 4.78. The van der Waals surface area contributed by atoms with Crippen LogP contribution >= 0.6 is 0 Å². The molecule has 0 fully saturated rings. The highest BCUT2D eigenvalue weighted by Gasteiger charge is 2.25. The Kier molecular flexibility index (Phi) is 12.8. The summed E-state index contributed by atoms with van der Waals surface area (Å²) in [4.78, 5) is 0. The van der Waals surface area contributed by atoms with Crippen molar-refractivity contribution in [2.24, 2.45) is 5.73 Å². The third-order valence-electron chi connectivity index (χ3n) is 3.75. The van der Waals surface area contributed by atoms with Crippen molar-refractivity contribution in [3.05, 3.63) is 0 Å². The summed E-state index contributed by atoms with van der Waals surface area (Å²) < 4.78 is 5.14. The van der Waals surface area contributed by atoms with Gasteiger partial charge in [0.25, 0.3) is 0 Å². The topological polar surface area (TPSA) is 55.5 Å². The molecule has 0 amide bonds. The van der Waals surface area contributed by atoms with Crippen molar-refractivity contribution in [2.45, 2.75) is 83.2 Å². The van der Waals surface area contributed by atoms with Crippen molar-refractivity contribution in [1.82, 2.24) is 0 Å². The number of aliphatic hydroxyl groups is 1. The van der Waals surface area contributed by atoms with Crippen LogP contribution in [-0.4, -0.2) is 31.0 Å². The highest BCUT2D eigenvalue weighted by Crippen LogP contribution is 2.22. The van der Waals surface area contributed by atoms with Crippen LogP contribution in [0.2, 0.25) is 0 Å². The van der Waals surface area contributed by atoms with E-state index < -0.39 is 5.60 Å². The number of rotatable bonds is 14. The van der Waals surface area contributed by atoms with Crippen LogP contribution in [0, 0.1) is 0 Å². The van der Waals surface area contributed by atoms with Crippen LogP contribution in [0.1, 0.15) is 77.6 Å². The van der Waals surface area contributed by atoms with Crippen LogP contribution in [-0.2, 0) is 4.74 Å². The van der Waals surface area contributed by atoms with Crippen LogP contribution in [0.15, 0.2) is 0 Å². The van der Waals surface area contributed by atoms with Crippen molar-refractivity contribution < 1.29 is 9.84 Å². The van der Waals surface area contributed by atoms with Crippen LogP contribution in [0.4, 0.5) is 0 Å². The fraction of sp³-hybridized carbons (Fsp3) is 1.00. The van der Waals surface area contributed by atoms with Crippen LogP contribution in [0.25, 0.3) is 0 Å². The minimum Gasteiger partial charge on any atom is -0.387 e. The summed E-state index contributed by atoms with van der Waals surface area (Å²) in [6, 6.07) is 0.